The van der Waals surface area contributed by atoms with Crippen molar-refractivity contribution >= 4 is 11.8 Å². The molecule has 2 heterocycles. The van der Waals surface area contributed by atoms with Gasteiger partial charge in [0.05, 0.1) is 12.7 Å². The van der Waals surface area contributed by atoms with Gasteiger partial charge in [0.25, 0.3) is 0 Å². The average Bonchev–Trinajstić information content (AvgIpc) is 2.74. The van der Waals surface area contributed by atoms with Crippen LogP contribution in [0.2, 0.25) is 0 Å². The van der Waals surface area contributed by atoms with E-state index in [0.717, 1.165) is 38.0 Å². The lowest BCUT2D eigenvalue weighted by molar-refractivity contribution is 0.0529. The minimum Gasteiger partial charge on any atom is -0.375 e. The molecule has 0 bridgehead atoms. The predicted molar refractivity (Wildman–Crippen MR) is 115 cm³/mol. The minimum absolute atomic E-state index is 0.243. The summed E-state index contributed by atoms with van der Waals surface area (Å²) in [5.74, 6) is 2.23. The molecule has 3 rings (SSSR count). The maximum absolute atomic E-state index is 5.63. The van der Waals surface area contributed by atoms with Gasteiger partial charge in [-0.25, -0.2) is 4.98 Å². The number of nitrogens with one attached hydrogen (secondary N) is 2. The highest BCUT2D eigenvalue weighted by Crippen LogP contribution is 2.16. The topological polar surface area (TPSA) is 61.8 Å². The molecule has 2 unspecified atom stereocenters. The molecule has 1 saturated heterocycles. The van der Waals surface area contributed by atoms with Crippen molar-refractivity contribution in [3.05, 3.63) is 59.8 Å². The molecule has 6 nitrogen and oxygen atoms in total. The summed E-state index contributed by atoms with van der Waals surface area (Å²) >= 11 is 0. The quantitative estimate of drug-likeness (QED) is 0.595. The summed E-state index contributed by atoms with van der Waals surface area (Å²) in [6.07, 6.45) is 2.12. The third kappa shape index (κ3) is 5.70. The zero-order chi connectivity index (χ0) is 19.8. The van der Waals surface area contributed by atoms with Crippen LogP contribution >= 0.6 is 0 Å². The second-order valence-electron chi connectivity index (χ2n) is 7.27. The molecule has 0 spiro atoms. The number of nitrogens with zero attached hydrogens (tertiary/aromatic N) is 3. The van der Waals surface area contributed by atoms with Gasteiger partial charge in [0.2, 0.25) is 0 Å². The Bertz CT molecular complexity index is 765. The first-order valence-electron chi connectivity index (χ1n) is 9.96. The van der Waals surface area contributed by atoms with E-state index in [9.17, 15) is 0 Å². The second-order valence-corrected chi connectivity index (χ2v) is 7.27. The molecular weight excluding hydrogens is 350 g/mol. The van der Waals surface area contributed by atoms with Crippen LogP contribution in [0, 0.1) is 0 Å². The van der Waals surface area contributed by atoms with Crippen molar-refractivity contribution in [3.63, 3.8) is 0 Å². The number of pyridine rings is 1. The van der Waals surface area contributed by atoms with E-state index in [0.29, 0.717) is 12.5 Å². The Balaban J connectivity index is 1.51. The Labute approximate surface area is 168 Å². The van der Waals surface area contributed by atoms with Gasteiger partial charge in [-0.05, 0) is 36.1 Å². The van der Waals surface area contributed by atoms with E-state index in [1.165, 1.54) is 11.1 Å². The van der Waals surface area contributed by atoms with Gasteiger partial charge in [-0.1, -0.05) is 37.3 Å². The molecule has 1 aromatic heterocycles. The fraction of sp³-hybridized carbons (Fsp3) is 0.455. The third-order valence-electron chi connectivity index (χ3n) is 5.00. The number of hydrogen-bond acceptors (Lipinski definition) is 4. The number of rotatable bonds is 6. The summed E-state index contributed by atoms with van der Waals surface area (Å²) in [5.41, 5.74) is 2.51. The third-order valence-corrected chi connectivity index (χ3v) is 5.00. The van der Waals surface area contributed by atoms with E-state index in [2.05, 4.69) is 69.7 Å². The molecule has 0 amide bonds. The monoisotopic (exact) mass is 381 g/mol. The van der Waals surface area contributed by atoms with Crippen molar-refractivity contribution in [2.75, 3.05) is 38.2 Å². The van der Waals surface area contributed by atoms with Crippen LogP contribution in [0.5, 0.6) is 0 Å². The van der Waals surface area contributed by atoms with E-state index >= 15 is 0 Å². The van der Waals surface area contributed by atoms with Gasteiger partial charge in [-0.15, -0.1) is 0 Å². The Hall–Kier alpha value is -2.60. The fourth-order valence-corrected chi connectivity index (χ4v) is 3.33. The van der Waals surface area contributed by atoms with Crippen LogP contribution in [-0.4, -0.2) is 50.3 Å². The number of ether oxygens (including phenoxy) is 1. The van der Waals surface area contributed by atoms with Gasteiger partial charge in [-0.2, -0.15) is 0 Å². The van der Waals surface area contributed by atoms with Gasteiger partial charge < -0.3 is 20.3 Å². The number of aromatic nitrogens is 1. The van der Waals surface area contributed by atoms with Crippen LogP contribution < -0.4 is 15.5 Å². The normalized spacial score (nSPS) is 18.6. The highest BCUT2D eigenvalue weighted by atomic mass is 16.5. The van der Waals surface area contributed by atoms with Crippen LogP contribution in [0.3, 0.4) is 0 Å². The van der Waals surface area contributed by atoms with Gasteiger partial charge >= 0.3 is 0 Å². The molecule has 1 fully saturated rings. The van der Waals surface area contributed by atoms with Gasteiger partial charge in [-0.3, -0.25) is 4.99 Å². The number of benzene rings is 1. The summed E-state index contributed by atoms with van der Waals surface area (Å²) in [5, 5.41) is 6.82. The van der Waals surface area contributed by atoms with E-state index in [1.807, 2.05) is 18.3 Å². The molecule has 0 aliphatic carbocycles. The molecule has 2 atom stereocenters. The largest absolute Gasteiger partial charge is 0.375 e. The number of aliphatic imine (C=N–C) groups is 1. The molecule has 2 aromatic rings. The lowest BCUT2D eigenvalue weighted by Gasteiger charge is -2.32. The van der Waals surface area contributed by atoms with E-state index in [1.54, 1.807) is 7.05 Å². The van der Waals surface area contributed by atoms with Crippen LogP contribution in [0.1, 0.15) is 30.9 Å². The molecule has 0 saturated carbocycles. The zero-order valence-corrected chi connectivity index (χ0v) is 17.1. The Morgan fingerprint density at radius 1 is 1.29 bits per heavy atom. The molecule has 28 heavy (non-hydrogen) atoms. The predicted octanol–water partition coefficient (Wildman–Crippen LogP) is 2.78. The molecule has 150 valence electrons. The smallest absolute Gasteiger partial charge is 0.191 e. The van der Waals surface area contributed by atoms with Crippen LogP contribution in [0.15, 0.2) is 53.7 Å². The highest BCUT2D eigenvalue weighted by Gasteiger charge is 2.18. The summed E-state index contributed by atoms with van der Waals surface area (Å²) < 4.78 is 5.63. The molecule has 1 aromatic carbocycles. The van der Waals surface area contributed by atoms with Crippen molar-refractivity contribution in [1.29, 1.82) is 0 Å². The molecule has 1 aliphatic rings. The molecule has 2 N–H and O–H groups in total. The van der Waals surface area contributed by atoms with E-state index in [4.69, 9.17) is 4.74 Å². The lowest BCUT2D eigenvalue weighted by Crippen LogP contribution is -2.41. The van der Waals surface area contributed by atoms with Gasteiger partial charge in [0, 0.05) is 39.4 Å². The maximum Gasteiger partial charge on any atom is 0.191 e. The Morgan fingerprint density at radius 2 is 2.11 bits per heavy atom. The van der Waals surface area contributed by atoms with Gasteiger partial charge in [0.15, 0.2) is 5.96 Å². The van der Waals surface area contributed by atoms with E-state index in [-0.39, 0.29) is 6.10 Å². The highest BCUT2D eigenvalue weighted by molar-refractivity contribution is 5.79. The number of guanidine groups is 1. The Morgan fingerprint density at radius 3 is 2.86 bits per heavy atom. The zero-order valence-electron chi connectivity index (χ0n) is 17.1. The van der Waals surface area contributed by atoms with E-state index < -0.39 is 0 Å². The standard InChI is InChI=1S/C22H31N5O/c1-17(20-7-5-4-6-8-20)14-25-22(23-3)26-15-19-9-10-24-21(13-19)27-11-12-28-18(2)16-27/h4-10,13,17-18H,11-12,14-16H2,1-3H3,(H2,23,25,26). The summed E-state index contributed by atoms with van der Waals surface area (Å²) in [6, 6.07) is 14.7. The lowest BCUT2D eigenvalue weighted by atomic mass is 10.0. The number of hydrogen-bond donors (Lipinski definition) is 2. The van der Waals surface area contributed by atoms with Crippen LogP contribution in [0.25, 0.3) is 0 Å². The SMILES string of the molecule is CN=C(NCc1ccnc(N2CCOC(C)C2)c1)NCC(C)c1ccccc1. The summed E-state index contributed by atoms with van der Waals surface area (Å²) in [6.45, 7) is 8.37. The van der Waals surface area contributed by atoms with Crippen LogP contribution in [-0.2, 0) is 11.3 Å². The van der Waals surface area contributed by atoms with Gasteiger partial charge in [0.1, 0.15) is 5.82 Å². The second kappa shape index (κ2) is 10.1. The van der Waals surface area contributed by atoms with Crippen molar-refractivity contribution in [1.82, 2.24) is 15.6 Å². The van der Waals surface area contributed by atoms with Crippen molar-refractivity contribution in [2.24, 2.45) is 4.99 Å². The molecule has 1 aliphatic heterocycles. The first kappa shape index (κ1) is 20.1. The summed E-state index contributed by atoms with van der Waals surface area (Å²) in [4.78, 5) is 11.2. The molecular formula is C22H31N5O. The Kier molecular flexibility index (Phi) is 7.25. The maximum atomic E-state index is 5.63. The average molecular weight is 382 g/mol. The van der Waals surface area contributed by atoms with Crippen LogP contribution in [0.4, 0.5) is 5.82 Å². The van der Waals surface area contributed by atoms with Crippen molar-refractivity contribution in [2.45, 2.75) is 32.4 Å². The fourth-order valence-electron chi connectivity index (χ4n) is 3.33. The summed E-state index contributed by atoms with van der Waals surface area (Å²) in [7, 11) is 1.80. The number of anilines is 1. The molecule has 6 heteroatoms. The first-order valence-corrected chi connectivity index (χ1v) is 9.96. The molecule has 0 radical (unpaired) electrons. The van der Waals surface area contributed by atoms with Crippen molar-refractivity contribution < 1.29 is 4.74 Å². The van der Waals surface area contributed by atoms with Crippen molar-refractivity contribution in [3.8, 4) is 0 Å². The number of morpholine rings is 1. The first-order chi connectivity index (χ1) is 13.7. The minimum atomic E-state index is 0.243.